The smallest absolute Gasteiger partial charge is 0.128 e. The van der Waals surface area contributed by atoms with Crippen molar-refractivity contribution in [2.45, 2.75) is 13.0 Å². The number of hydrogen-bond donors (Lipinski definition) is 2. The fraction of sp³-hybridized carbons (Fsp3) is 0.154. The van der Waals surface area contributed by atoms with Gasteiger partial charge in [-0.25, -0.2) is 4.98 Å². The summed E-state index contributed by atoms with van der Waals surface area (Å²) < 4.78 is 0. The van der Waals surface area contributed by atoms with Crippen LogP contribution in [0, 0.1) is 6.92 Å². The second kappa shape index (κ2) is 5.14. The monoisotopic (exact) mass is 281 g/mol. The van der Waals surface area contributed by atoms with Crippen LogP contribution in [0.3, 0.4) is 0 Å². The Morgan fingerprint density at radius 1 is 1.17 bits per heavy atom. The first-order valence-electron chi connectivity index (χ1n) is 5.41. The number of nitrogens with zero attached hydrogens (tertiary/aromatic N) is 1. The first kappa shape index (κ1) is 13.1. The second-order valence-corrected chi connectivity index (χ2v) is 4.95. The van der Waals surface area contributed by atoms with E-state index < -0.39 is 0 Å². The number of pyridine rings is 1. The van der Waals surface area contributed by atoms with Crippen molar-refractivity contribution in [3.8, 4) is 0 Å². The van der Waals surface area contributed by atoms with Gasteiger partial charge in [0.1, 0.15) is 5.82 Å². The third kappa shape index (κ3) is 2.58. The Balaban J connectivity index is 2.44. The van der Waals surface area contributed by atoms with E-state index in [1.165, 1.54) is 0 Å². The number of nitrogens with two attached hydrogens (primary N) is 2. The fourth-order valence-corrected chi connectivity index (χ4v) is 2.04. The molecule has 0 saturated carbocycles. The van der Waals surface area contributed by atoms with Gasteiger partial charge < -0.3 is 11.5 Å². The lowest BCUT2D eigenvalue weighted by molar-refractivity contribution is 0.865. The molecule has 1 heterocycles. The zero-order chi connectivity index (χ0) is 13.3. The van der Waals surface area contributed by atoms with Gasteiger partial charge in [0, 0.05) is 11.8 Å². The van der Waals surface area contributed by atoms with E-state index in [0.29, 0.717) is 15.9 Å². The standard InChI is InChI=1S/C13H13Cl2N3/c1-7-4-9(13(17)18-6-7)12(16)8-2-3-10(14)11(15)5-8/h2-6,12H,16H2,1H3,(H2,17,18). The topological polar surface area (TPSA) is 64.9 Å². The lowest BCUT2D eigenvalue weighted by Crippen LogP contribution is -2.15. The minimum absolute atomic E-state index is 0.368. The second-order valence-electron chi connectivity index (χ2n) is 4.14. The molecule has 2 aromatic rings. The van der Waals surface area contributed by atoms with Crippen LogP contribution in [0.2, 0.25) is 10.0 Å². The molecule has 18 heavy (non-hydrogen) atoms. The number of anilines is 1. The molecule has 0 saturated heterocycles. The summed E-state index contributed by atoms with van der Waals surface area (Å²) in [6.07, 6.45) is 1.71. The van der Waals surface area contributed by atoms with Crippen LogP contribution in [-0.2, 0) is 0 Å². The van der Waals surface area contributed by atoms with Crippen molar-refractivity contribution >= 4 is 29.0 Å². The van der Waals surface area contributed by atoms with Gasteiger partial charge >= 0.3 is 0 Å². The lowest BCUT2D eigenvalue weighted by atomic mass is 9.99. The number of nitrogen functional groups attached to an aromatic ring is 1. The molecule has 0 amide bonds. The fourth-order valence-electron chi connectivity index (χ4n) is 1.74. The minimum atomic E-state index is -0.368. The highest BCUT2D eigenvalue weighted by Gasteiger charge is 2.14. The summed E-state index contributed by atoms with van der Waals surface area (Å²) in [5, 5.41) is 0.978. The number of halogens is 2. The Bertz CT molecular complexity index is 584. The first-order valence-corrected chi connectivity index (χ1v) is 6.17. The van der Waals surface area contributed by atoms with Gasteiger partial charge in [0.15, 0.2) is 0 Å². The number of aryl methyl sites for hydroxylation is 1. The van der Waals surface area contributed by atoms with Crippen LogP contribution < -0.4 is 11.5 Å². The summed E-state index contributed by atoms with van der Waals surface area (Å²) in [6, 6.07) is 6.86. The maximum absolute atomic E-state index is 6.18. The molecule has 0 aliphatic rings. The molecule has 0 aliphatic carbocycles. The van der Waals surface area contributed by atoms with Crippen molar-refractivity contribution in [3.63, 3.8) is 0 Å². The molecular formula is C13H13Cl2N3. The van der Waals surface area contributed by atoms with Gasteiger partial charge in [-0.2, -0.15) is 0 Å². The van der Waals surface area contributed by atoms with Gasteiger partial charge in [-0.05, 0) is 36.2 Å². The van der Waals surface area contributed by atoms with Gasteiger partial charge in [-0.15, -0.1) is 0 Å². The summed E-state index contributed by atoms with van der Waals surface area (Å²) >= 11 is 11.9. The van der Waals surface area contributed by atoms with E-state index >= 15 is 0 Å². The molecule has 0 radical (unpaired) electrons. The molecule has 3 nitrogen and oxygen atoms in total. The van der Waals surface area contributed by atoms with Gasteiger partial charge in [0.05, 0.1) is 16.1 Å². The number of benzene rings is 1. The van der Waals surface area contributed by atoms with Gasteiger partial charge in [-0.3, -0.25) is 0 Å². The Morgan fingerprint density at radius 3 is 2.56 bits per heavy atom. The van der Waals surface area contributed by atoms with Crippen LogP contribution in [-0.4, -0.2) is 4.98 Å². The quantitative estimate of drug-likeness (QED) is 0.888. The molecule has 0 aliphatic heterocycles. The average molecular weight is 282 g/mol. The lowest BCUT2D eigenvalue weighted by Gasteiger charge is -2.15. The highest BCUT2D eigenvalue weighted by molar-refractivity contribution is 6.42. The highest BCUT2D eigenvalue weighted by atomic mass is 35.5. The van der Waals surface area contributed by atoms with Gasteiger partial charge in [0.2, 0.25) is 0 Å². The zero-order valence-corrected chi connectivity index (χ0v) is 11.3. The maximum Gasteiger partial charge on any atom is 0.128 e. The van der Waals surface area contributed by atoms with Crippen molar-refractivity contribution in [2.24, 2.45) is 5.73 Å². The third-order valence-electron chi connectivity index (χ3n) is 2.72. The molecule has 1 unspecified atom stereocenters. The van der Waals surface area contributed by atoms with Crippen molar-refractivity contribution in [1.29, 1.82) is 0 Å². The van der Waals surface area contributed by atoms with Crippen molar-refractivity contribution in [1.82, 2.24) is 4.98 Å². The van der Waals surface area contributed by atoms with Gasteiger partial charge in [-0.1, -0.05) is 29.3 Å². The van der Waals surface area contributed by atoms with E-state index in [1.807, 2.05) is 19.1 Å². The minimum Gasteiger partial charge on any atom is -0.383 e. The summed E-state index contributed by atoms with van der Waals surface area (Å²) in [4.78, 5) is 4.10. The van der Waals surface area contributed by atoms with Crippen molar-refractivity contribution in [3.05, 3.63) is 57.2 Å². The van der Waals surface area contributed by atoms with Crippen LogP contribution in [0.5, 0.6) is 0 Å². The Morgan fingerprint density at radius 2 is 1.89 bits per heavy atom. The Kier molecular flexibility index (Phi) is 3.76. The molecule has 0 spiro atoms. The van der Waals surface area contributed by atoms with Crippen LogP contribution in [0.1, 0.15) is 22.7 Å². The van der Waals surface area contributed by atoms with Crippen LogP contribution in [0.4, 0.5) is 5.82 Å². The molecule has 5 heteroatoms. The maximum atomic E-state index is 6.18. The SMILES string of the molecule is Cc1cnc(N)c(C(N)c2ccc(Cl)c(Cl)c2)c1. The zero-order valence-electron chi connectivity index (χ0n) is 9.82. The molecule has 0 fully saturated rings. The van der Waals surface area contributed by atoms with E-state index in [4.69, 9.17) is 34.7 Å². The van der Waals surface area contributed by atoms with Crippen LogP contribution in [0.15, 0.2) is 30.5 Å². The van der Waals surface area contributed by atoms with E-state index in [1.54, 1.807) is 18.3 Å². The molecule has 1 aromatic heterocycles. The molecule has 1 aromatic carbocycles. The Hall–Kier alpha value is -1.29. The molecule has 0 bridgehead atoms. The van der Waals surface area contributed by atoms with Gasteiger partial charge in [0.25, 0.3) is 0 Å². The van der Waals surface area contributed by atoms with E-state index in [9.17, 15) is 0 Å². The van der Waals surface area contributed by atoms with E-state index in [0.717, 1.165) is 16.7 Å². The molecule has 94 valence electrons. The molecule has 1 atom stereocenters. The number of aromatic nitrogens is 1. The predicted octanol–water partition coefficient (Wildman–Crippen LogP) is 3.33. The molecule has 4 N–H and O–H groups in total. The summed E-state index contributed by atoms with van der Waals surface area (Å²) in [7, 11) is 0. The summed E-state index contributed by atoms with van der Waals surface area (Å²) in [5.41, 5.74) is 14.7. The molecular weight excluding hydrogens is 269 g/mol. The molecule has 2 rings (SSSR count). The van der Waals surface area contributed by atoms with Crippen molar-refractivity contribution < 1.29 is 0 Å². The van der Waals surface area contributed by atoms with E-state index in [2.05, 4.69) is 4.98 Å². The van der Waals surface area contributed by atoms with Crippen LogP contribution in [0.25, 0.3) is 0 Å². The number of rotatable bonds is 2. The van der Waals surface area contributed by atoms with Crippen molar-refractivity contribution in [2.75, 3.05) is 5.73 Å². The third-order valence-corrected chi connectivity index (χ3v) is 3.46. The van der Waals surface area contributed by atoms with E-state index in [-0.39, 0.29) is 6.04 Å². The van der Waals surface area contributed by atoms with Crippen LogP contribution >= 0.6 is 23.2 Å². The normalized spacial score (nSPS) is 12.4. The largest absolute Gasteiger partial charge is 0.383 e. The highest BCUT2D eigenvalue weighted by Crippen LogP contribution is 2.29. The summed E-state index contributed by atoms with van der Waals surface area (Å²) in [5.74, 6) is 0.430. The predicted molar refractivity (Wildman–Crippen MR) is 75.9 cm³/mol. The average Bonchev–Trinajstić information content (AvgIpc) is 2.35. The summed E-state index contributed by atoms with van der Waals surface area (Å²) in [6.45, 7) is 1.94. The first-order chi connectivity index (χ1) is 8.49. The Labute approximate surface area is 116 Å². The number of hydrogen-bond acceptors (Lipinski definition) is 3.